The highest BCUT2D eigenvalue weighted by Gasteiger charge is 2.14. The van der Waals surface area contributed by atoms with Gasteiger partial charge in [0, 0.05) is 17.8 Å². The van der Waals surface area contributed by atoms with Gasteiger partial charge in [0.15, 0.2) is 6.61 Å². The summed E-state index contributed by atoms with van der Waals surface area (Å²) < 4.78 is 6.58. The summed E-state index contributed by atoms with van der Waals surface area (Å²) in [7, 11) is 0. The van der Waals surface area contributed by atoms with Gasteiger partial charge in [-0.3, -0.25) is 14.9 Å². The lowest BCUT2D eigenvalue weighted by Crippen LogP contribution is -2.13. The first kappa shape index (κ1) is 21.3. The molecule has 0 aromatic heterocycles. The van der Waals surface area contributed by atoms with Gasteiger partial charge in [0.05, 0.1) is 13.0 Å². The van der Waals surface area contributed by atoms with Gasteiger partial charge in [-0.15, -0.1) is 0 Å². The second kappa shape index (κ2) is 9.82. The van der Waals surface area contributed by atoms with Crippen molar-refractivity contribution in [2.45, 2.75) is 0 Å². The second-order valence-electron chi connectivity index (χ2n) is 5.19. The van der Waals surface area contributed by atoms with E-state index < -0.39 is 10.8 Å². The molecular weight excluding hydrogens is 543 g/mol. The summed E-state index contributed by atoms with van der Waals surface area (Å²) in [4.78, 5) is 22.6. The summed E-state index contributed by atoms with van der Waals surface area (Å²) >= 11 is 5.35. The van der Waals surface area contributed by atoms with Gasteiger partial charge in [-0.2, -0.15) is 10.5 Å². The maximum atomic E-state index is 12.4. The number of carbonyl (C=O) groups is 1. The summed E-state index contributed by atoms with van der Waals surface area (Å²) in [5.74, 6) is -0.210. The molecule has 0 bridgehead atoms. The van der Waals surface area contributed by atoms with Crippen molar-refractivity contribution >= 4 is 61.9 Å². The van der Waals surface area contributed by atoms with E-state index in [0.29, 0.717) is 19.4 Å². The smallest absolute Gasteiger partial charge is 0.271 e. The van der Waals surface area contributed by atoms with Crippen LogP contribution in [0.1, 0.15) is 5.56 Å². The van der Waals surface area contributed by atoms with Crippen molar-refractivity contribution in [3.63, 3.8) is 0 Å². The maximum absolute atomic E-state index is 12.4. The molecule has 10 heteroatoms. The van der Waals surface area contributed by atoms with Crippen molar-refractivity contribution in [2.24, 2.45) is 0 Å². The van der Waals surface area contributed by atoms with Gasteiger partial charge >= 0.3 is 0 Å². The number of ether oxygens (including phenoxy) is 1. The summed E-state index contributed by atoms with van der Waals surface area (Å²) in [6.07, 6.45) is 1.38. The van der Waals surface area contributed by atoms with Gasteiger partial charge < -0.3 is 10.1 Å². The van der Waals surface area contributed by atoms with Crippen LogP contribution in [0.3, 0.4) is 0 Å². The van der Waals surface area contributed by atoms with Crippen LogP contribution in [-0.2, 0) is 4.79 Å². The second-order valence-corrected chi connectivity index (χ2v) is 7.21. The number of carbonyl (C=O) groups excluding carboxylic acids is 1. The van der Waals surface area contributed by atoms with Crippen LogP contribution in [0.4, 0.5) is 11.4 Å². The third-order valence-corrected chi connectivity index (χ3v) is 4.68. The highest BCUT2D eigenvalue weighted by atomic mass is 127. The minimum atomic E-state index is -0.695. The average molecular weight is 553 g/mol. The Hall–Kier alpha value is -2.96. The third-order valence-electron chi connectivity index (χ3n) is 3.29. The average Bonchev–Trinajstić information content (AvgIpc) is 2.65. The molecule has 8 nitrogen and oxygen atoms in total. The molecule has 0 aliphatic heterocycles. The van der Waals surface area contributed by atoms with Gasteiger partial charge in [0.2, 0.25) is 0 Å². The molecule has 0 spiro atoms. The van der Waals surface area contributed by atoms with Gasteiger partial charge in [-0.1, -0.05) is 6.07 Å². The van der Waals surface area contributed by atoms with Crippen molar-refractivity contribution in [1.82, 2.24) is 0 Å². The summed E-state index contributed by atoms with van der Waals surface area (Å²) in [6, 6.07) is 12.5. The van der Waals surface area contributed by atoms with Gasteiger partial charge in [0.1, 0.15) is 23.5 Å². The van der Waals surface area contributed by atoms with Crippen LogP contribution in [0.25, 0.3) is 6.08 Å². The molecular formula is C18H10BrIN4O4. The third kappa shape index (κ3) is 5.52. The number of halogens is 2. The first-order chi connectivity index (χ1) is 13.3. The summed E-state index contributed by atoms with van der Waals surface area (Å²) in [5.41, 5.74) is 0.411. The van der Waals surface area contributed by atoms with Crippen molar-refractivity contribution in [3.8, 4) is 17.9 Å². The van der Waals surface area contributed by atoms with Crippen LogP contribution in [-0.4, -0.2) is 17.4 Å². The first-order valence-electron chi connectivity index (χ1n) is 7.52. The number of nitro benzene ring substituents is 1. The highest BCUT2D eigenvalue weighted by Crippen LogP contribution is 2.32. The lowest BCUT2D eigenvalue weighted by Gasteiger charge is -2.09. The zero-order chi connectivity index (χ0) is 20.7. The molecule has 0 unspecified atom stereocenters. The predicted molar refractivity (Wildman–Crippen MR) is 113 cm³/mol. The Labute approximate surface area is 181 Å². The van der Waals surface area contributed by atoms with E-state index in [1.807, 2.05) is 34.7 Å². The van der Waals surface area contributed by atoms with Crippen LogP contribution in [0.2, 0.25) is 0 Å². The first-order valence-corrected chi connectivity index (χ1v) is 9.39. The van der Waals surface area contributed by atoms with E-state index >= 15 is 0 Å². The fraction of sp³-hybridized carbons (Fsp3) is 0.0556. The van der Waals surface area contributed by atoms with Crippen LogP contribution < -0.4 is 10.1 Å². The maximum Gasteiger partial charge on any atom is 0.271 e. The quantitative estimate of drug-likeness (QED) is 0.186. The van der Waals surface area contributed by atoms with E-state index in [0.717, 1.165) is 0 Å². The Morgan fingerprint density at radius 2 is 2.11 bits per heavy atom. The number of nitrogens with zero attached hydrogens (tertiary/aromatic N) is 3. The lowest BCUT2D eigenvalue weighted by atomic mass is 10.1. The molecule has 140 valence electrons. The fourth-order valence-corrected chi connectivity index (χ4v) is 3.88. The monoisotopic (exact) mass is 552 g/mol. The molecule has 0 aliphatic rings. The normalized spacial score (nSPS) is 10.5. The number of hydrogen-bond donors (Lipinski definition) is 1. The lowest BCUT2D eigenvalue weighted by molar-refractivity contribution is -0.384. The minimum absolute atomic E-state index is 0.112. The topological polar surface area (TPSA) is 129 Å². The minimum Gasteiger partial charge on any atom is -0.476 e. The Morgan fingerprint density at radius 1 is 1.36 bits per heavy atom. The molecule has 0 aliphatic carbocycles. The van der Waals surface area contributed by atoms with E-state index in [1.165, 1.54) is 30.3 Å². The number of amides is 1. The van der Waals surface area contributed by atoms with E-state index in [2.05, 4.69) is 21.2 Å². The molecule has 0 saturated carbocycles. The molecule has 0 fully saturated rings. The molecule has 1 N–H and O–H groups in total. The van der Waals surface area contributed by atoms with Crippen molar-refractivity contribution < 1.29 is 14.5 Å². The zero-order valence-electron chi connectivity index (χ0n) is 14.0. The van der Waals surface area contributed by atoms with Crippen molar-refractivity contribution in [3.05, 3.63) is 65.7 Å². The van der Waals surface area contributed by atoms with E-state index in [-0.39, 0.29) is 23.6 Å². The number of benzene rings is 2. The van der Waals surface area contributed by atoms with Gasteiger partial charge in [0.25, 0.3) is 11.6 Å². The number of rotatable bonds is 6. The molecule has 0 radical (unpaired) electrons. The molecule has 28 heavy (non-hydrogen) atoms. The molecule has 2 aromatic rings. The van der Waals surface area contributed by atoms with E-state index in [1.54, 1.807) is 12.1 Å². The SMILES string of the molecule is N#CCOc1c(Br)cc(/C=C(\C#N)C(=O)Nc2cccc([N+](=O)[O-])c2)cc1I. The number of hydrogen-bond acceptors (Lipinski definition) is 6. The molecule has 1 amide bonds. The Bertz CT molecular complexity index is 1030. The molecule has 0 atom stereocenters. The number of nitro groups is 1. The zero-order valence-corrected chi connectivity index (χ0v) is 17.7. The summed E-state index contributed by atoms with van der Waals surface area (Å²) in [5, 5.41) is 31.2. The molecule has 0 saturated heterocycles. The van der Waals surface area contributed by atoms with E-state index in [9.17, 15) is 20.2 Å². The molecule has 2 rings (SSSR count). The predicted octanol–water partition coefficient (Wildman–Crippen LogP) is 4.41. The van der Waals surface area contributed by atoms with Crippen molar-refractivity contribution in [2.75, 3.05) is 11.9 Å². The van der Waals surface area contributed by atoms with Gasteiger partial charge in [-0.25, -0.2) is 0 Å². The number of anilines is 1. The fourth-order valence-electron chi connectivity index (χ4n) is 2.12. The number of non-ortho nitro benzene ring substituents is 1. The Balaban J connectivity index is 2.27. The van der Waals surface area contributed by atoms with E-state index in [4.69, 9.17) is 10.00 Å². The van der Waals surface area contributed by atoms with Crippen LogP contribution in [0.5, 0.6) is 5.75 Å². The largest absolute Gasteiger partial charge is 0.476 e. The van der Waals surface area contributed by atoms with Gasteiger partial charge in [-0.05, 0) is 68.4 Å². The number of nitriles is 2. The van der Waals surface area contributed by atoms with Crippen LogP contribution >= 0.6 is 38.5 Å². The van der Waals surface area contributed by atoms with Crippen molar-refractivity contribution in [1.29, 1.82) is 10.5 Å². The standard InChI is InChI=1S/C18H10BrIN4O4/c19-15-7-11(8-16(20)17(15)28-5-4-21)6-12(10-22)18(25)23-13-2-1-3-14(9-13)24(26)27/h1-3,6-9H,5H2,(H,23,25)/b12-6+. The van der Waals surface area contributed by atoms with Crippen LogP contribution in [0, 0.1) is 36.3 Å². The summed E-state index contributed by atoms with van der Waals surface area (Å²) in [6.45, 7) is -0.112. The molecule has 0 heterocycles. The number of nitrogens with one attached hydrogen (secondary N) is 1. The Morgan fingerprint density at radius 3 is 2.71 bits per heavy atom. The molecule has 2 aromatic carbocycles. The van der Waals surface area contributed by atoms with Crippen LogP contribution in [0.15, 0.2) is 46.4 Å². The highest BCUT2D eigenvalue weighted by molar-refractivity contribution is 14.1. The Kier molecular flexibility index (Phi) is 7.49.